The van der Waals surface area contributed by atoms with Crippen molar-refractivity contribution in [1.29, 1.82) is 0 Å². The van der Waals surface area contributed by atoms with E-state index in [1.165, 1.54) is 60.8 Å². The van der Waals surface area contributed by atoms with Crippen LogP contribution in [0.15, 0.2) is 164 Å². The number of aromatic nitrogens is 1. The highest BCUT2D eigenvalue weighted by atomic mass is 16.5. The predicted octanol–water partition coefficient (Wildman–Crippen LogP) is 11.6. The molecular formula is C42H27NO. The van der Waals surface area contributed by atoms with Gasteiger partial charge in [0.1, 0.15) is 0 Å². The van der Waals surface area contributed by atoms with Crippen molar-refractivity contribution in [2.45, 2.75) is 0 Å². The molecule has 2 heteroatoms. The van der Waals surface area contributed by atoms with Gasteiger partial charge >= 0.3 is 0 Å². The van der Waals surface area contributed by atoms with Crippen LogP contribution in [0.4, 0.5) is 0 Å². The molecule has 1 aliphatic rings. The van der Waals surface area contributed by atoms with Crippen LogP contribution in [0.25, 0.3) is 72.0 Å². The van der Waals surface area contributed by atoms with Gasteiger partial charge in [-0.2, -0.15) is 0 Å². The maximum absolute atomic E-state index is 6.31. The van der Waals surface area contributed by atoms with E-state index in [-0.39, 0.29) is 0 Å². The molecule has 8 aromatic rings. The quantitative estimate of drug-likeness (QED) is 0.208. The number of fused-ring (bicyclic) bond motifs is 5. The number of rotatable bonds is 4. The fourth-order valence-electron chi connectivity index (χ4n) is 6.64. The Morgan fingerprint density at radius 2 is 0.841 bits per heavy atom. The first-order valence-corrected chi connectivity index (χ1v) is 15.0. The summed E-state index contributed by atoms with van der Waals surface area (Å²) in [5.74, 6) is 1.78. The Balaban J connectivity index is 1.09. The summed E-state index contributed by atoms with van der Waals surface area (Å²) in [5.41, 5.74) is 13.1. The molecule has 1 aliphatic heterocycles. The first kappa shape index (κ1) is 24.7. The minimum atomic E-state index is 0.885. The molecule has 0 atom stereocenters. The van der Waals surface area contributed by atoms with Crippen molar-refractivity contribution in [2.75, 3.05) is 0 Å². The molecule has 2 nitrogen and oxygen atoms in total. The molecule has 2 heterocycles. The van der Waals surface area contributed by atoms with Crippen LogP contribution in [-0.2, 0) is 0 Å². The first-order chi connectivity index (χ1) is 21.8. The van der Waals surface area contributed by atoms with Crippen LogP contribution < -0.4 is 4.74 Å². The van der Waals surface area contributed by atoms with Gasteiger partial charge in [0.15, 0.2) is 11.5 Å². The summed E-state index contributed by atoms with van der Waals surface area (Å²) < 4.78 is 8.65. The molecule has 0 radical (unpaired) electrons. The van der Waals surface area contributed by atoms with Gasteiger partial charge < -0.3 is 9.30 Å². The monoisotopic (exact) mass is 561 g/mol. The summed E-state index contributed by atoms with van der Waals surface area (Å²) in [4.78, 5) is 0. The molecule has 206 valence electrons. The van der Waals surface area contributed by atoms with Gasteiger partial charge in [-0.3, -0.25) is 0 Å². The van der Waals surface area contributed by atoms with Crippen molar-refractivity contribution < 1.29 is 4.74 Å². The predicted molar refractivity (Wildman–Crippen MR) is 183 cm³/mol. The van der Waals surface area contributed by atoms with Gasteiger partial charge in [0.05, 0.1) is 16.7 Å². The van der Waals surface area contributed by atoms with E-state index in [2.05, 4.69) is 156 Å². The second kappa shape index (κ2) is 9.86. The van der Waals surface area contributed by atoms with Crippen LogP contribution in [0.2, 0.25) is 0 Å². The Morgan fingerprint density at radius 3 is 1.57 bits per heavy atom. The van der Waals surface area contributed by atoms with Crippen molar-refractivity contribution in [3.63, 3.8) is 0 Å². The highest BCUT2D eigenvalue weighted by Crippen LogP contribution is 2.45. The number of nitrogens with zero attached hydrogens (tertiary/aromatic N) is 1. The van der Waals surface area contributed by atoms with E-state index in [1.54, 1.807) is 0 Å². The van der Waals surface area contributed by atoms with Gasteiger partial charge in [0, 0.05) is 10.8 Å². The standard InChI is InChI=1S/C42H27NO/c1-2-9-28(10-3-1)29-19-21-30(22-20-29)31-11-6-12-32(25-31)33-13-7-14-34(26-33)35-23-24-38-37(27-35)36-15-8-18-41-42(36)43(38)39-16-4-5-17-40(39)44-41/h1-27H. The fraction of sp³-hybridized carbons (Fsp3) is 0. The number of para-hydroxylation sites is 3. The van der Waals surface area contributed by atoms with Crippen LogP contribution in [0.5, 0.6) is 11.5 Å². The van der Waals surface area contributed by atoms with Gasteiger partial charge in [0.25, 0.3) is 0 Å². The van der Waals surface area contributed by atoms with E-state index < -0.39 is 0 Å². The zero-order valence-electron chi connectivity index (χ0n) is 23.9. The van der Waals surface area contributed by atoms with Crippen LogP contribution in [0.1, 0.15) is 0 Å². The SMILES string of the molecule is c1ccc(-c2ccc(-c3cccc(-c4cccc(-c5ccc6c(c5)c5cccc7c5n6-c5ccccc5O7)c4)c3)cc2)cc1. The lowest BCUT2D eigenvalue weighted by atomic mass is 9.95. The van der Waals surface area contributed by atoms with Crippen molar-refractivity contribution in [1.82, 2.24) is 4.57 Å². The number of benzene rings is 7. The van der Waals surface area contributed by atoms with E-state index in [0.717, 1.165) is 22.7 Å². The Kier molecular flexibility index (Phi) is 5.54. The molecule has 9 rings (SSSR count). The number of hydrogen-bond acceptors (Lipinski definition) is 1. The van der Waals surface area contributed by atoms with E-state index in [9.17, 15) is 0 Å². The van der Waals surface area contributed by atoms with E-state index in [1.807, 2.05) is 12.1 Å². The first-order valence-electron chi connectivity index (χ1n) is 15.0. The highest BCUT2D eigenvalue weighted by Gasteiger charge is 2.23. The van der Waals surface area contributed by atoms with Gasteiger partial charge in [-0.25, -0.2) is 0 Å². The Morgan fingerprint density at radius 1 is 0.341 bits per heavy atom. The normalized spacial score (nSPS) is 11.8. The van der Waals surface area contributed by atoms with Crippen molar-refractivity contribution in [3.8, 4) is 61.7 Å². The largest absolute Gasteiger partial charge is 0.453 e. The van der Waals surface area contributed by atoms with Crippen LogP contribution in [0.3, 0.4) is 0 Å². The highest BCUT2D eigenvalue weighted by molar-refractivity contribution is 6.13. The molecule has 7 aromatic carbocycles. The molecule has 0 saturated heterocycles. The average Bonchev–Trinajstić information content (AvgIpc) is 3.44. The number of ether oxygens (including phenoxy) is 1. The molecule has 0 amide bonds. The Labute approximate surface area is 256 Å². The maximum Gasteiger partial charge on any atom is 0.152 e. The van der Waals surface area contributed by atoms with Gasteiger partial charge in [0.2, 0.25) is 0 Å². The van der Waals surface area contributed by atoms with Gasteiger partial charge in [-0.15, -0.1) is 0 Å². The molecule has 0 spiro atoms. The molecule has 0 N–H and O–H groups in total. The fourth-order valence-corrected chi connectivity index (χ4v) is 6.64. The van der Waals surface area contributed by atoms with E-state index in [0.29, 0.717) is 0 Å². The third kappa shape index (κ3) is 3.96. The molecule has 0 bridgehead atoms. The Bertz CT molecular complexity index is 2350. The maximum atomic E-state index is 6.31. The summed E-state index contributed by atoms with van der Waals surface area (Å²) >= 11 is 0. The Hall–Kier alpha value is -5.86. The molecule has 1 aromatic heterocycles. The second-order valence-corrected chi connectivity index (χ2v) is 11.4. The van der Waals surface area contributed by atoms with Gasteiger partial charge in [-0.1, -0.05) is 121 Å². The zero-order chi connectivity index (χ0) is 29.0. The van der Waals surface area contributed by atoms with Crippen molar-refractivity contribution >= 4 is 21.8 Å². The summed E-state index contributed by atoms with van der Waals surface area (Å²) in [6.45, 7) is 0. The topological polar surface area (TPSA) is 14.2 Å². The lowest BCUT2D eigenvalue weighted by Gasteiger charge is -2.20. The summed E-state index contributed by atoms with van der Waals surface area (Å²) in [5, 5.41) is 2.43. The lowest BCUT2D eigenvalue weighted by molar-refractivity contribution is 0.476. The van der Waals surface area contributed by atoms with Crippen LogP contribution >= 0.6 is 0 Å². The number of hydrogen-bond donors (Lipinski definition) is 0. The second-order valence-electron chi connectivity index (χ2n) is 11.4. The third-order valence-corrected chi connectivity index (χ3v) is 8.79. The molecule has 44 heavy (non-hydrogen) atoms. The average molecular weight is 562 g/mol. The zero-order valence-corrected chi connectivity index (χ0v) is 23.9. The van der Waals surface area contributed by atoms with Gasteiger partial charge in [-0.05, 0) is 87.0 Å². The minimum Gasteiger partial charge on any atom is -0.453 e. The van der Waals surface area contributed by atoms with Crippen molar-refractivity contribution in [2.24, 2.45) is 0 Å². The smallest absolute Gasteiger partial charge is 0.152 e. The van der Waals surface area contributed by atoms with Crippen molar-refractivity contribution in [3.05, 3.63) is 164 Å². The molecule has 0 saturated carbocycles. The summed E-state index contributed by atoms with van der Waals surface area (Å²) in [6.07, 6.45) is 0. The molecule has 0 aliphatic carbocycles. The summed E-state index contributed by atoms with van der Waals surface area (Å²) in [6, 6.07) is 58.5. The molecular weight excluding hydrogens is 534 g/mol. The third-order valence-electron chi connectivity index (χ3n) is 8.79. The van der Waals surface area contributed by atoms with E-state index >= 15 is 0 Å². The summed E-state index contributed by atoms with van der Waals surface area (Å²) in [7, 11) is 0. The molecule has 0 unspecified atom stereocenters. The van der Waals surface area contributed by atoms with Crippen LogP contribution in [0, 0.1) is 0 Å². The lowest BCUT2D eigenvalue weighted by Crippen LogP contribution is -2.03. The van der Waals surface area contributed by atoms with E-state index in [4.69, 9.17) is 4.74 Å². The minimum absolute atomic E-state index is 0.885. The molecule has 0 fully saturated rings. The van der Waals surface area contributed by atoms with Crippen LogP contribution in [-0.4, -0.2) is 4.57 Å².